The van der Waals surface area contributed by atoms with E-state index in [0.717, 1.165) is 17.5 Å². The molecule has 0 unspecified atom stereocenters. The first-order valence-electron chi connectivity index (χ1n) is 7.82. The Morgan fingerprint density at radius 3 is 2.76 bits per heavy atom. The molecular weight excluding hydrogens is 388 g/mol. The number of carbonyl (C=O) groups is 1. The molecular formula is C18H17BrN2O4. The predicted molar refractivity (Wildman–Crippen MR) is 99.0 cm³/mol. The third-order valence-electron chi connectivity index (χ3n) is 3.77. The third-order valence-corrected chi connectivity index (χ3v) is 4.19. The van der Waals surface area contributed by atoms with Crippen LogP contribution in [0.25, 0.3) is 11.0 Å². The highest BCUT2D eigenvalue weighted by Crippen LogP contribution is 2.21. The first-order valence-corrected chi connectivity index (χ1v) is 8.61. The van der Waals surface area contributed by atoms with E-state index in [2.05, 4.69) is 21.2 Å². The van der Waals surface area contributed by atoms with E-state index in [-0.39, 0.29) is 5.91 Å². The first kappa shape index (κ1) is 17.3. The van der Waals surface area contributed by atoms with Crippen molar-refractivity contribution in [3.8, 4) is 0 Å². The first-order chi connectivity index (χ1) is 12.0. The Morgan fingerprint density at radius 2 is 2.00 bits per heavy atom. The molecule has 1 aromatic carbocycles. The Morgan fingerprint density at radius 1 is 1.20 bits per heavy atom. The number of carbonyl (C=O) groups excluding carboxylic acids is 1. The van der Waals surface area contributed by atoms with E-state index in [1.807, 2.05) is 18.2 Å². The normalized spacial score (nSPS) is 10.8. The van der Waals surface area contributed by atoms with Gasteiger partial charge in [-0.1, -0.05) is 12.1 Å². The van der Waals surface area contributed by atoms with Gasteiger partial charge < -0.3 is 19.1 Å². The van der Waals surface area contributed by atoms with Gasteiger partial charge in [-0.2, -0.15) is 0 Å². The van der Waals surface area contributed by atoms with Crippen LogP contribution in [0, 0.1) is 0 Å². The van der Waals surface area contributed by atoms with Crippen molar-refractivity contribution in [2.75, 3.05) is 25.5 Å². The number of anilines is 1. The Kier molecular flexibility index (Phi) is 5.23. The second kappa shape index (κ2) is 7.57. The molecule has 3 aromatic rings. The van der Waals surface area contributed by atoms with Crippen molar-refractivity contribution in [2.45, 2.75) is 6.42 Å². The molecule has 130 valence electrons. The molecule has 1 amide bonds. The van der Waals surface area contributed by atoms with E-state index in [4.69, 9.17) is 8.83 Å². The van der Waals surface area contributed by atoms with Gasteiger partial charge in [0.05, 0.1) is 5.69 Å². The van der Waals surface area contributed by atoms with Gasteiger partial charge >= 0.3 is 5.63 Å². The number of hydrogen-bond acceptors (Lipinski definition) is 5. The summed E-state index contributed by atoms with van der Waals surface area (Å²) < 4.78 is 11.0. The molecule has 0 spiro atoms. The Labute approximate surface area is 152 Å². The van der Waals surface area contributed by atoms with Crippen LogP contribution >= 0.6 is 15.9 Å². The van der Waals surface area contributed by atoms with Gasteiger partial charge in [0.1, 0.15) is 5.58 Å². The number of benzene rings is 1. The highest BCUT2D eigenvalue weighted by atomic mass is 79.9. The lowest BCUT2D eigenvalue weighted by Crippen LogP contribution is -2.28. The minimum absolute atomic E-state index is 0.170. The fraction of sp³-hybridized carbons (Fsp3) is 0.222. The number of para-hydroxylation sites is 1. The average molecular weight is 405 g/mol. The van der Waals surface area contributed by atoms with Crippen LogP contribution < -0.4 is 10.9 Å². The molecule has 0 aliphatic rings. The summed E-state index contributed by atoms with van der Waals surface area (Å²) in [5.41, 5.74) is 0.890. The zero-order valence-electron chi connectivity index (χ0n) is 13.6. The summed E-state index contributed by atoms with van der Waals surface area (Å²) in [7, 11) is 1.73. The van der Waals surface area contributed by atoms with Crippen LogP contribution in [0.4, 0.5) is 5.69 Å². The van der Waals surface area contributed by atoms with Crippen molar-refractivity contribution in [1.82, 2.24) is 4.90 Å². The maximum absolute atomic E-state index is 12.2. The molecule has 7 heteroatoms. The quantitative estimate of drug-likeness (QED) is 0.500. The van der Waals surface area contributed by atoms with Gasteiger partial charge in [0.25, 0.3) is 5.91 Å². The number of nitrogens with zero attached hydrogens (tertiary/aromatic N) is 1. The van der Waals surface area contributed by atoms with Crippen LogP contribution in [-0.2, 0) is 0 Å². The summed E-state index contributed by atoms with van der Waals surface area (Å²) in [6, 6.07) is 12.1. The van der Waals surface area contributed by atoms with E-state index in [0.29, 0.717) is 29.1 Å². The van der Waals surface area contributed by atoms with Gasteiger partial charge in [-0.15, -0.1) is 0 Å². The molecule has 0 aliphatic heterocycles. The summed E-state index contributed by atoms with van der Waals surface area (Å²) in [5, 5.41) is 4.09. The Balaban J connectivity index is 1.57. The van der Waals surface area contributed by atoms with Crippen LogP contribution in [0.3, 0.4) is 0 Å². The lowest BCUT2D eigenvalue weighted by molar-refractivity contribution is 0.0762. The largest absolute Gasteiger partial charge is 0.444 e. The molecule has 1 N–H and O–H groups in total. The average Bonchev–Trinajstić information content (AvgIpc) is 3.04. The zero-order chi connectivity index (χ0) is 17.8. The highest BCUT2D eigenvalue weighted by molar-refractivity contribution is 9.10. The summed E-state index contributed by atoms with van der Waals surface area (Å²) in [5.74, 6) is 0.130. The fourth-order valence-electron chi connectivity index (χ4n) is 2.52. The second-order valence-electron chi connectivity index (χ2n) is 5.59. The van der Waals surface area contributed by atoms with E-state index >= 15 is 0 Å². The lowest BCUT2D eigenvalue weighted by atomic mass is 10.2. The summed E-state index contributed by atoms with van der Waals surface area (Å²) in [4.78, 5) is 25.4. The van der Waals surface area contributed by atoms with E-state index in [1.54, 1.807) is 30.1 Å². The van der Waals surface area contributed by atoms with E-state index in [1.165, 1.54) is 6.07 Å². The number of furan rings is 1. The molecule has 0 saturated heterocycles. The van der Waals surface area contributed by atoms with Crippen molar-refractivity contribution in [1.29, 1.82) is 0 Å². The van der Waals surface area contributed by atoms with Crippen LogP contribution in [0.1, 0.15) is 17.0 Å². The van der Waals surface area contributed by atoms with Gasteiger partial charge in [-0.05, 0) is 46.6 Å². The predicted octanol–water partition coefficient (Wildman–Crippen LogP) is 3.72. The van der Waals surface area contributed by atoms with Crippen molar-refractivity contribution < 1.29 is 13.6 Å². The maximum atomic E-state index is 12.2. The molecule has 0 bridgehead atoms. The Hall–Kier alpha value is -2.54. The molecule has 0 saturated carbocycles. The molecule has 0 atom stereocenters. The maximum Gasteiger partial charge on any atom is 0.338 e. The topological polar surface area (TPSA) is 75.7 Å². The smallest absolute Gasteiger partial charge is 0.338 e. The van der Waals surface area contributed by atoms with Crippen molar-refractivity contribution in [2.24, 2.45) is 0 Å². The van der Waals surface area contributed by atoms with E-state index in [9.17, 15) is 9.59 Å². The zero-order valence-corrected chi connectivity index (χ0v) is 15.2. The molecule has 6 nitrogen and oxygen atoms in total. The van der Waals surface area contributed by atoms with Crippen molar-refractivity contribution >= 4 is 38.5 Å². The monoisotopic (exact) mass is 404 g/mol. The van der Waals surface area contributed by atoms with Gasteiger partial charge in [0.15, 0.2) is 10.4 Å². The van der Waals surface area contributed by atoms with Crippen LogP contribution in [0.2, 0.25) is 0 Å². The molecule has 0 aliphatic carbocycles. The third kappa shape index (κ3) is 4.11. The van der Waals surface area contributed by atoms with Crippen LogP contribution in [0.15, 0.2) is 60.8 Å². The minimum atomic E-state index is -0.392. The summed E-state index contributed by atoms with van der Waals surface area (Å²) in [6.45, 7) is 1.18. The van der Waals surface area contributed by atoms with Gasteiger partial charge in [-0.25, -0.2) is 4.79 Å². The number of hydrogen-bond donors (Lipinski definition) is 1. The molecule has 2 aromatic heterocycles. The van der Waals surface area contributed by atoms with Gasteiger partial charge in [0, 0.05) is 31.6 Å². The molecule has 0 radical (unpaired) electrons. The summed E-state index contributed by atoms with van der Waals surface area (Å²) >= 11 is 3.18. The number of halogens is 1. The number of fused-ring (bicyclic) bond motifs is 1. The summed E-state index contributed by atoms with van der Waals surface area (Å²) in [6.07, 6.45) is 0.721. The van der Waals surface area contributed by atoms with Gasteiger partial charge in [-0.3, -0.25) is 4.79 Å². The van der Waals surface area contributed by atoms with Crippen molar-refractivity contribution in [3.05, 3.63) is 63.3 Å². The standard InChI is InChI=1S/C18H17BrN2O4/c1-21(18(23)15-7-8-16(19)24-15)10-4-9-20-13-11-17(22)25-14-6-3-2-5-12(13)14/h2-3,5-8,11,20H,4,9-10H2,1H3. The number of amides is 1. The van der Waals surface area contributed by atoms with E-state index < -0.39 is 5.63 Å². The molecule has 2 heterocycles. The van der Waals surface area contributed by atoms with Crippen LogP contribution in [0.5, 0.6) is 0 Å². The van der Waals surface area contributed by atoms with Crippen molar-refractivity contribution in [3.63, 3.8) is 0 Å². The van der Waals surface area contributed by atoms with Crippen LogP contribution in [-0.4, -0.2) is 30.9 Å². The molecule has 0 fully saturated rings. The molecule has 25 heavy (non-hydrogen) atoms. The highest BCUT2D eigenvalue weighted by Gasteiger charge is 2.15. The fourth-order valence-corrected chi connectivity index (χ4v) is 2.82. The Bertz CT molecular complexity index is 947. The number of rotatable bonds is 6. The van der Waals surface area contributed by atoms with Gasteiger partial charge in [0.2, 0.25) is 0 Å². The number of nitrogens with one attached hydrogen (secondary N) is 1. The molecule has 3 rings (SSSR count). The SMILES string of the molecule is CN(CCCNc1cc(=O)oc2ccccc12)C(=O)c1ccc(Br)o1. The minimum Gasteiger partial charge on any atom is -0.444 e. The second-order valence-corrected chi connectivity index (χ2v) is 6.37. The lowest BCUT2D eigenvalue weighted by Gasteiger charge is -2.16.